The molecule has 3 N–H and O–H groups in total. The number of fused-ring (bicyclic) bond motifs is 10. The van der Waals surface area contributed by atoms with Crippen LogP contribution in [0.1, 0.15) is 130 Å². The maximum atomic E-state index is 12.3. The van der Waals surface area contributed by atoms with Gasteiger partial charge in [-0.15, -0.1) is 0 Å². The molecule has 0 heterocycles. The van der Waals surface area contributed by atoms with Gasteiger partial charge in [-0.05, 0) is 143 Å². The van der Waals surface area contributed by atoms with Crippen molar-refractivity contribution >= 4 is 5.78 Å². The highest BCUT2D eigenvalue weighted by molar-refractivity contribution is 5.87. The highest BCUT2D eigenvalue weighted by Gasteiger charge is 2.58. The molecule has 0 aliphatic heterocycles. The first-order valence-electron chi connectivity index (χ1n) is 17.9. The third kappa shape index (κ3) is 4.27. The fraction of sp³-hybridized carbons (Fsp3) is 0.868. The number of rotatable bonds is 0. The SMILES string of the molecule is C[C@]12CC=C3[C@@H](CC[C@@H]4C[C@H](O)CC[C@]34C)[C@@H]1CC[C@@H]2O.C[C@]12CC[C@@H](O)C[C@H]1CC[C@@H]1C2=CC[C@]2(C)C(=O)CC[C@@H]12. The first kappa shape index (κ1) is 29.7. The molecule has 0 aromatic carbocycles. The van der Waals surface area contributed by atoms with E-state index in [4.69, 9.17) is 0 Å². The number of hydrogen-bond donors (Lipinski definition) is 3. The predicted octanol–water partition coefficient (Wildman–Crippen LogP) is 7.55. The lowest BCUT2D eigenvalue weighted by Gasteiger charge is -2.56. The molecule has 0 radical (unpaired) electrons. The fourth-order valence-corrected chi connectivity index (χ4v) is 12.8. The molecule has 8 rings (SSSR count). The molecule has 0 aromatic rings. The molecular weight excluding hydrogens is 520 g/mol. The van der Waals surface area contributed by atoms with Gasteiger partial charge in [-0.1, -0.05) is 51.0 Å². The van der Waals surface area contributed by atoms with Crippen LogP contribution in [0.3, 0.4) is 0 Å². The lowest BCUT2D eigenvalue weighted by molar-refractivity contribution is -0.127. The molecule has 0 spiro atoms. The van der Waals surface area contributed by atoms with E-state index in [-0.39, 0.29) is 29.1 Å². The van der Waals surface area contributed by atoms with Crippen molar-refractivity contribution in [1.29, 1.82) is 0 Å². The van der Waals surface area contributed by atoms with Crippen LogP contribution in [0, 0.1) is 57.2 Å². The van der Waals surface area contributed by atoms with E-state index >= 15 is 0 Å². The van der Waals surface area contributed by atoms with Crippen molar-refractivity contribution in [1.82, 2.24) is 0 Å². The molecule has 4 heteroatoms. The Morgan fingerprint density at radius 1 is 0.619 bits per heavy atom. The second kappa shape index (κ2) is 10.3. The number of Topliss-reactive ketones (excluding diaryl/α,β-unsaturated/α-hetero) is 1. The average molecular weight is 579 g/mol. The van der Waals surface area contributed by atoms with Crippen molar-refractivity contribution in [3.05, 3.63) is 23.3 Å². The largest absolute Gasteiger partial charge is 0.393 e. The minimum Gasteiger partial charge on any atom is -0.393 e. The second-order valence-corrected chi connectivity index (χ2v) is 17.4. The number of ketones is 1. The van der Waals surface area contributed by atoms with E-state index in [0.717, 1.165) is 70.6 Å². The van der Waals surface area contributed by atoms with Gasteiger partial charge in [0.25, 0.3) is 0 Å². The number of aliphatic hydroxyl groups excluding tert-OH is 3. The van der Waals surface area contributed by atoms with Gasteiger partial charge in [0.2, 0.25) is 0 Å². The van der Waals surface area contributed by atoms with Gasteiger partial charge in [0.05, 0.1) is 18.3 Å². The van der Waals surface area contributed by atoms with Gasteiger partial charge in [0, 0.05) is 17.3 Å². The normalized spacial score (nSPS) is 54.5. The monoisotopic (exact) mass is 578 g/mol. The molecular formula is C38H58O4. The smallest absolute Gasteiger partial charge is 0.139 e. The Bertz CT molecular complexity index is 1160. The summed E-state index contributed by atoms with van der Waals surface area (Å²) in [6, 6.07) is 0. The molecule has 6 fully saturated rings. The summed E-state index contributed by atoms with van der Waals surface area (Å²) in [5.74, 6) is 4.48. The third-order valence-electron chi connectivity index (χ3n) is 15.7. The summed E-state index contributed by atoms with van der Waals surface area (Å²) in [5, 5.41) is 30.5. The van der Waals surface area contributed by atoms with Crippen LogP contribution in [0.4, 0.5) is 0 Å². The van der Waals surface area contributed by atoms with Gasteiger partial charge >= 0.3 is 0 Å². The Kier molecular flexibility index (Phi) is 7.27. The van der Waals surface area contributed by atoms with E-state index < -0.39 is 0 Å². The lowest BCUT2D eigenvalue weighted by Crippen LogP contribution is -2.49. The fourth-order valence-electron chi connectivity index (χ4n) is 12.8. The molecule has 6 saturated carbocycles. The molecule has 0 bridgehead atoms. The summed E-state index contributed by atoms with van der Waals surface area (Å²) < 4.78 is 0. The molecule has 42 heavy (non-hydrogen) atoms. The number of carbonyl (C=O) groups is 1. The van der Waals surface area contributed by atoms with E-state index in [9.17, 15) is 20.1 Å². The van der Waals surface area contributed by atoms with Gasteiger partial charge in [0.1, 0.15) is 5.78 Å². The minimum absolute atomic E-state index is 0.0639. The van der Waals surface area contributed by atoms with Crippen molar-refractivity contribution in [3.8, 4) is 0 Å². The lowest BCUT2D eigenvalue weighted by atomic mass is 9.49. The third-order valence-corrected chi connectivity index (χ3v) is 15.7. The summed E-state index contributed by atoms with van der Waals surface area (Å²) in [7, 11) is 0. The predicted molar refractivity (Wildman–Crippen MR) is 166 cm³/mol. The highest BCUT2D eigenvalue weighted by atomic mass is 16.3. The minimum atomic E-state index is -0.0981. The Labute approximate surface area is 254 Å². The van der Waals surface area contributed by atoms with Crippen LogP contribution >= 0.6 is 0 Å². The maximum Gasteiger partial charge on any atom is 0.139 e. The summed E-state index contributed by atoms with van der Waals surface area (Å²) in [4.78, 5) is 12.3. The number of allylic oxidation sites excluding steroid dienone is 4. The van der Waals surface area contributed by atoms with E-state index in [0.29, 0.717) is 52.1 Å². The van der Waals surface area contributed by atoms with E-state index in [1.807, 2.05) is 0 Å². The molecule has 0 saturated heterocycles. The van der Waals surface area contributed by atoms with Crippen LogP contribution in [0.5, 0.6) is 0 Å². The number of hydrogen-bond acceptors (Lipinski definition) is 4. The molecule has 0 amide bonds. The molecule has 8 aliphatic carbocycles. The van der Waals surface area contributed by atoms with Crippen LogP contribution in [0.25, 0.3) is 0 Å². The highest BCUT2D eigenvalue weighted by Crippen LogP contribution is 2.65. The Hall–Kier alpha value is -0.970. The standard InChI is InChI=1S/C19H30O2.C19H28O2/c2*1-18-9-7-13(20)11-12(18)3-4-14-15-5-6-17(21)19(15,2)10-8-16(14)18/h8,12-15,17,20-21H,3-7,9-11H2,1-2H3;8,12-15,20H,3-7,9-11H2,1-2H3/t12-,13-,14+,15+,17+,18+,19+;12-,13-,14+,15+,18+,19+/m11/s1. The van der Waals surface area contributed by atoms with E-state index in [2.05, 4.69) is 39.8 Å². The van der Waals surface area contributed by atoms with Crippen LogP contribution in [-0.4, -0.2) is 39.4 Å². The van der Waals surface area contributed by atoms with Crippen LogP contribution in [-0.2, 0) is 4.79 Å². The quantitative estimate of drug-likeness (QED) is 0.259. The summed E-state index contributed by atoms with van der Waals surface area (Å²) >= 11 is 0. The first-order chi connectivity index (χ1) is 19.9. The zero-order chi connectivity index (χ0) is 29.7. The zero-order valence-corrected chi connectivity index (χ0v) is 26.9. The van der Waals surface area contributed by atoms with Crippen molar-refractivity contribution in [2.24, 2.45) is 57.2 Å². The zero-order valence-electron chi connectivity index (χ0n) is 26.9. The number of carbonyl (C=O) groups excluding carboxylic acids is 1. The molecule has 234 valence electrons. The van der Waals surface area contributed by atoms with Gasteiger partial charge in [-0.25, -0.2) is 0 Å². The molecule has 0 aromatic heterocycles. The van der Waals surface area contributed by atoms with Gasteiger partial charge < -0.3 is 15.3 Å². The van der Waals surface area contributed by atoms with Crippen LogP contribution in [0.15, 0.2) is 23.3 Å². The Morgan fingerprint density at radius 3 is 1.76 bits per heavy atom. The van der Waals surface area contributed by atoms with Gasteiger partial charge in [-0.2, -0.15) is 0 Å². The van der Waals surface area contributed by atoms with Crippen molar-refractivity contribution in [3.63, 3.8) is 0 Å². The summed E-state index contributed by atoms with van der Waals surface area (Å²) in [6.45, 7) is 9.46. The van der Waals surface area contributed by atoms with E-state index in [1.54, 1.807) is 11.1 Å². The number of aliphatic hydroxyl groups is 3. The van der Waals surface area contributed by atoms with Crippen LogP contribution in [0.2, 0.25) is 0 Å². The first-order valence-corrected chi connectivity index (χ1v) is 17.9. The van der Waals surface area contributed by atoms with Crippen LogP contribution < -0.4 is 0 Å². The molecule has 0 unspecified atom stereocenters. The summed E-state index contributed by atoms with van der Waals surface area (Å²) in [6.07, 6.45) is 22.1. The molecule has 4 nitrogen and oxygen atoms in total. The van der Waals surface area contributed by atoms with Crippen molar-refractivity contribution in [2.75, 3.05) is 0 Å². The summed E-state index contributed by atoms with van der Waals surface area (Å²) in [5.41, 5.74) is 4.08. The maximum absolute atomic E-state index is 12.3. The van der Waals surface area contributed by atoms with Crippen molar-refractivity contribution < 1.29 is 20.1 Å². The topological polar surface area (TPSA) is 77.8 Å². The Morgan fingerprint density at radius 2 is 1.17 bits per heavy atom. The Balaban J connectivity index is 0.000000137. The van der Waals surface area contributed by atoms with E-state index in [1.165, 1.54) is 32.1 Å². The second-order valence-electron chi connectivity index (χ2n) is 17.4. The molecule has 8 aliphatic rings. The average Bonchev–Trinajstić information content (AvgIpc) is 3.44. The van der Waals surface area contributed by atoms with Gasteiger partial charge in [0.15, 0.2) is 0 Å². The van der Waals surface area contributed by atoms with Crippen molar-refractivity contribution in [2.45, 2.75) is 149 Å². The molecule has 13 atom stereocenters. The van der Waals surface area contributed by atoms with Gasteiger partial charge in [-0.3, -0.25) is 4.79 Å².